The Balaban J connectivity index is 3.32. The molecule has 1 aromatic heterocycles. The Bertz CT molecular complexity index is 360. The predicted molar refractivity (Wildman–Crippen MR) is 49.8 cm³/mol. The van der Waals surface area contributed by atoms with Crippen molar-refractivity contribution >= 4 is 27.7 Å². The molecule has 14 heavy (non-hydrogen) atoms. The molecule has 0 unspecified atom stereocenters. The zero-order valence-corrected chi connectivity index (χ0v) is 8.38. The largest absolute Gasteiger partial charge is 0.383 e. The van der Waals surface area contributed by atoms with Crippen LogP contribution in [0.25, 0.3) is 0 Å². The molecule has 0 saturated heterocycles. The van der Waals surface area contributed by atoms with Gasteiger partial charge in [-0.15, -0.1) is 0 Å². The van der Waals surface area contributed by atoms with Crippen LogP contribution >= 0.6 is 15.9 Å². The molecule has 4 nitrogen and oxygen atoms in total. The van der Waals surface area contributed by atoms with Gasteiger partial charge in [0.2, 0.25) is 0 Å². The number of primary amides is 1. The molecular weight excluding hydrogens is 260 g/mol. The van der Waals surface area contributed by atoms with E-state index in [-0.39, 0.29) is 10.2 Å². The lowest BCUT2D eigenvalue weighted by molar-refractivity contribution is 0.0994. The number of rotatable bonds is 2. The number of carbonyl (C=O) groups is 1. The zero-order valence-electron chi connectivity index (χ0n) is 6.80. The number of hydrogen-bond donors (Lipinski definition) is 2. The van der Waals surface area contributed by atoms with Crippen molar-refractivity contribution in [3.05, 3.63) is 21.8 Å². The molecule has 7 heteroatoms. The van der Waals surface area contributed by atoms with Crippen molar-refractivity contribution in [1.82, 2.24) is 4.98 Å². The van der Waals surface area contributed by atoms with Crippen LogP contribution in [0.2, 0.25) is 0 Å². The summed E-state index contributed by atoms with van der Waals surface area (Å²) in [7, 11) is 0. The van der Waals surface area contributed by atoms with Crippen LogP contribution in [-0.2, 0) is 0 Å². The molecule has 1 amide bonds. The summed E-state index contributed by atoms with van der Waals surface area (Å²) in [6.07, 6.45) is -2.75. The highest BCUT2D eigenvalue weighted by atomic mass is 79.9. The number of amides is 1. The Hall–Kier alpha value is -1.24. The van der Waals surface area contributed by atoms with Crippen LogP contribution in [-0.4, -0.2) is 10.9 Å². The van der Waals surface area contributed by atoms with Gasteiger partial charge in [-0.2, -0.15) is 0 Å². The van der Waals surface area contributed by atoms with Crippen LogP contribution < -0.4 is 11.5 Å². The molecule has 0 aliphatic heterocycles. The molecular formula is C7H6BrF2N3O. The van der Waals surface area contributed by atoms with E-state index in [2.05, 4.69) is 20.9 Å². The Kier molecular flexibility index (Phi) is 3.00. The van der Waals surface area contributed by atoms with Crippen LogP contribution in [0, 0.1) is 0 Å². The first-order chi connectivity index (χ1) is 6.43. The number of nitrogens with zero attached hydrogens (tertiary/aromatic N) is 1. The van der Waals surface area contributed by atoms with Crippen molar-refractivity contribution in [2.75, 3.05) is 5.73 Å². The molecule has 1 aromatic rings. The monoisotopic (exact) mass is 265 g/mol. The lowest BCUT2D eigenvalue weighted by Gasteiger charge is -2.07. The molecule has 0 spiro atoms. The molecule has 76 valence electrons. The fourth-order valence-electron chi connectivity index (χ4n) is 0.885. The third kappa shape index (κ3) is 1.98. The molecule has 0 fully saturated rings. The van der Waals surface area contributed by atoms with Gasteiger partial charge in [0.05, 0.1) is 5.56 Å². The van der Waals surface area contributed by atoms with Gasteiger partial charge in [-0.3, -0.25) is 4.79 Å². The van der Waals surface area contributed by atoms with Gasteiger partial charge in [0, 0.05) is 4.47 Å². The normalized spacial score (nSPS) is 10.6. The van der Waals surface area contributed by atoms with E-state index in [0.717, 1.165) is 6.07 Å². The van der Waals surface area contributed by atoms with Crippen molar-refractivity contribution in [1.29, 1.82) is 0 Å². The third-order valence-electron chi connectivity index (χ3n) is 1.51. The SMILES string of the molecule is NC(=O)c1cc(Br)c(C(F)F)c(N)n1. The first kappa shape index (κ1) is 10.8. The predicted octanol–water partition coefficient (Wildman–Crippen LogP) is 1.46. The summed E-state index contributed by atoms with van der Waals surface area (Å²) in [5.74, 6) is -1.22. The number of nitrogens with two attached hydrogens (primary N) is 2. The van der Waals surface area contributed by atoms with E-state index in [1.165, 1.54) is 0 Å². The molecule has 1 rings (SSSR count). The second-order valence-electron chi connectivity index (χ2n) is 2.45. The topological polar surface area (TPSA) is 82.0 Å². The number of anilines is 1. The second kappa shape index (κ2) is 3.87. The van der Waals surface area contributed by atoms with Gasteiger partial charge in [-0.05, 0) is 6.07 Å². The van der Waals surface area contributed by atoms with Crippen molar-refractivity contribution < 1.29 is 13.6 Å². The Morgan fingerprint density at radius 2 is 2.14 bits per heavy atom. The van der Waals surface area contributed by atoms with Gasteiger partial charge in [0.25, 0.3) is 12.3 Å². The Labute approximate surface area is 86.4 Å². The van der Waals surface area contributed by atoms with E-state index in [4.69, 9.17) is 11.5 Å². The molecule has 0 bridgehead atoms. The molecule has 0 aromatic carbocycles. The van der Waals surface area contributed by atoms with Gasteiger partial charge in [0.15, 0.2) is 0 Å². The van der Waals surface area contributed by atoms with E-state index in [9.17, 15) is 13.6 Å². The maximum Gasteiger partial charge on any atom is 0.268 e. The zero-order chi connectivity index (χ0) is 10.9. The number of nitrogen functional groups attached to an aromatic ring is 1. The van der Waals surface area contributed by atoms with E-state index >= 15 is 0 Å². The van der Waals surface area contributed by atoms with Crippen molar-refractivity contribution in [2.45, 2.75) is 6.43 Å². The van der Waals surface area contributed by atoms with Crippen molar-refractivity contribution in [3.8, 4) is 0 Å². The van der Waals surface area contributed by atoms with Gasteiger partial charge in [-0.1, -0.05) is 15.9 Å². The third-order valence-corrected chi connectivity index (χ3v) is 2.16. The van der Waals surface area contributed by atoms with Crippen LogP contribution in [0.1, 0.15) is 22.5 Å². The van der Waals surface area contributed by atoms with Crippen LogP contribution in [0.15, 0.2) is 10.5 Å². The Morgan fingerprint density at radius 1 is 1.57 bits per heavy atom. The fraction of sp³-hybridized carbons (Fsp3) is 0.143. The van der Waals surface area contributed by atoms with Crippen molar-refractivity contribution in [2.24, 2.45) is 5.73 Å². The molecule has 0 radical (unpaired) electrons. The van der Waals surface area contributed by atoms with Crippen LogP contribution in [0.3, 0.4) is 0 Å². The molecule has 1 heterocycles. The van der Waals surface area contributed by atoms with Crippen LogP contribution in [0.4, 0.5) is 14.6 Å². The highest BCUT2D eigenvalue weighted by Crippen LogP contribution is 2.31. The van der Waals surface area contributed by atoms with E-state index < -0.39 is 23.7 Å². The van der Waals surface area contributed by atoms with Gasteiger partial charge < -0.3 is 11.5 Å². The average Bonchev–Trinajstić information content (AvgIpc) is 2.01. The number of alkyl halides is 2. The minimum absolute atomic E-state index is 0.0220. The number of carbonyl (C=O) groups excluding carboxylic acids is 1. The molecule has 0 saturated carbocycles. The lowest BCUT2D eigenvalue weighted by Crippen LogP contribution is -2.15. The summed E-state index contributed by atoms with van der Waals surface area (Å²) in [6.45, 7) is 0. The minimum Gasteiger partial charge on any atom is -0.383 e. The number of aromatic nitrogens is 1. The van der Waals surface area contributed by atoms with Gasteiger partial charge in [0.1, 0.15) is 11.5 Å². The highest BCUT2D eigenvalue weighted by Gasteiger charge is 2.18. The van der Waals surface area contributed by atoms with E-state index in [1.54, 1.807) is 0 Å². The summed E-state index contributed by atoms with van der Waals surface area (Å²) >= 11 is 2.86. The number of halogens is 3. The smallest absolute Gasteiger partial charge is 0.268 e. The average molecular weight is 266 g/mol. The van der Waals surface area contributed by atoms with E-state index in [1.807, 2.05) is 0 Å². The van der Waals surface area contributed by atoms with Crippen molar-refractivity contribution in [3.63, 3.8) is 0 Å². The fourth-order valence-corrected chi connectivity index (χ4v) is 1.48. The molecule has 0 aliphatic rings. The summed E-state index contributed by atoms with van der Waals surface area (Å²) in [5, 5.41) is 0. The molecule has 0 aliphatic carbocycles. The first-order valence-corrected chi connectivity index (χ1v) is 4.26. The molecule has 0 atom stereocenters. The maximum atomic E-state index is 12.4. The number of hydrogen-bond acceptors (Lipinski definition) is 3. The minimum atomic E-state index is -2.75. The summed E-state index contributed by atoms with van der Waals surface area (Å²) in [5.41, 5.74) is 9.56. The second-order valence-corrected chi connectivity index (χ2v) is 3.31. The van der Waals surface area contributed by atoms with E-state index in [0.29, 0.717) is 0 Å². The highest BCUT2D eigenvalue weighted by molar-refractivity contribution is 9.10. The van der Waals surface area contributed by atoms with Gasteiger partial charge in [-0.25, -0.2) is 13.8 Å². The Morgan fingerprint density at radius 3 is 2.50 bits per heavy atom. The summed E-state index contributed by atoms with van der Waals surface area (Å²) in [6, 6.07) is 1.11. The summed E-state index contributed by atoms with van der Waals surface area (Å²) in [4.78, 5) is 14.1. The quantitative estimate of drug-likeness (QED) is 0.850. The van der Waals surface area contributed by atoms with Gasteiger partial charge >= 0.3 is 0 Å². The standard InChI is InChI=1S/C7H6BrF2N3O/c8-2-1-3(7(12)14)13-6(11)4(2)5(9)10/h1,5H,(H2,11,13)(H2,12,14). The first-order valence-electron chi connectivity index (χ1n) is 3.47. The molecule has 4 N–H and O–H groups in total. The van der Waals surface area contributed by atoms with Crippen LogP contribution in [0.5, 0.6) is 0 Å². The maximum absolute atomic E-state index is 12.4. The summed E-state index contributed by atoms with van der Waals surface area (Å²) < 4.78 is 24.7. The lowest BCUT2D eigenvalue weighted by atomic mass is 10.2. The number of pyridine rings is 1.